The van der Waals surface area contributed by atoms with E-state index >= 15 is 0 Å². The molecular weight excluding hydrogens is 256 g/mol. The summed E-state index contributed by atoms with van der Waals surface area (Å²) in [5, 5.41) is 4.65. The fraction of sp³-hybridized carbons (Fsp3) is 0.400. The van der Waals surface area contributed by atoms with Crippen molar-refractivity contribution < 1.29 is 4.79 Å². The summed E-state index contributed by atoms with van der Waals surface area (Å²) >= 11 is 1.84. The SMILES string of the molecule is CCc1cc2ccc(NCC[C@H](C)C(N)=O)cc2s1. The molecule has 1 aromatic heterocycles. The van der Waals surface area contributed by atoms with E-state index in [2.05, 4.69) is 36.5 Å². The lowest BCUT2D eigenvalue weighted by Crippen LogP contribution is -2.22. The molecule has 4 heteroatoms. The van der Waals surface area contributed by atoms with Crippen LogP contribution in [-0.2, 0) is 11.2 Å². The largest absolute Gasteiger partial charge is 0.385 e. The fourth-order valence-corrected chi connectivity index (χ4v) is 2.99. The van der Waals surface area contributed by atoms with Crippen LogP contribution in [0.3, 0.4) is 0 Å². The molecule has 102 valence electrons. The minimum absolute atomic E-state index is 0.0790. The van der Waals surface area contributed by atoms with E-state index in [4.69, 9.17) is 5.73 Å². The van der Waals surface area contributed by atoms with Crippen LogP contribution in [0.25, 0.3) is 10.1 Å². The molecule has 2 rings (SSSR count). The normalized spacial score (nSPS) is 12.5. The Kier molecular flexibility index (Phi) is 4.43. The molecule has 1 aromatic carbocycles. The van der Waals surface area contributed by atoms with Crippen molar-refractivity contribution in [3.8, 4) is 0 Å². The molecule has 19 heavy (non-hydrogen) atoms. The van der Waals surface area contributed by atoms with Crippen molar-refractivity contribution in [2.45, 2.75) is 26.7 Å². The van der Waals surface area contributed by atoms with Gasteiger partial charge in [-0.2, -0.15) is 0 Å². The summed E-state index contributed by atoms with van der Waals surface area (Å²) in [4.78, 5) is 12.4. The van der Waals surface area contributed by atoms with Gasteiger partial charge in [-0.25, -0.2) is 0 Å². The van der Waals surface area contributed by atoms with Gasteiger partial charge in [-0.05, 0) is 36.4 Å². The number of amides is 1. The van der Waals surface area contributed by atoms with Crippen LogP contribution in [0.15, 0.2) is 24.3 Å². The second kappa shape index (κ2) is 6.06. The second-order valence-electron chi connectivity index (χ2n) is 4.84. The number of hydrogen-bond donors (Lipinski definition) is 2. The molecule has 0 saturated heterocycles. The summed E-state index contributed by atoms with van der Waals surface area (Å²) in [6.07, 6.45) is 1.84. The standard InChI is InChI=1S/C15H20N2OS/c1-3-13-8-11-4-5-12(9-14(11)19-13)17-7-6-10(2)15(16)18/h4-5,8-10,17H,3,6-7H2,1-2H3,(H2,16,18)/t10-/m0/s1. The number of hydrogen-bond acceptors (Lipinski definition) is 3. The lowest BCUT2D eigenvalue weighted by molar-refractivity contribution is -0.121. The molecule has 1 atom stereocenters. The Bertz CT molecular complexity index is 577. The van der Waals surface area contributed by atoms with Crippen LogP contribution >= 0.6 is 11.3 Å². The van der Waals surface area contributed by atoms with Crippen molar-refractivity contribution >= 4 is 33.0 Å². The minimum Gasteiger partial charge on any atom is -0.385 e. The molecule has 1 heterocycles. The third kappa shape index (κ3) is 3.47. The highest BCUT2D eigenvalue weighted by atomic mass is 32.1. The molecule has 2 aromatic rings. The number of fused-ring (bicyclic) bond motifs is 1. The maximum atomic E-state index is 10.9. The topological polar surface area (TPSA) is 55.1 Å². The number of benzene rings is 1. The molecule has 3 N–H and O–H groups in total. The molecular formula is C15H20N2OS. The lowest BCUT2D eigenvalue weighted by Gasteiger charge is -2.09. The van der Waals surface area contributed by atoms with E-state index in [1.165, 1.54) is 15.0 Å². The van der Waals surface area contributed by atoms with Crippen LogP contribution in [-0.4, -0.2) is 12.5 Å². The quantitative estimate of drug-likeness (QED) is 0.849. The first-order valence-corrected chi connectivity index (χ1v) is 7.47. The summed E-state index contributed by atoms with van der Waals surface area (Å²) < 4.78 is 1.31. The van der Waals surface area contributed by atoms with Gasteiger partial charge in [-0.3, -0.25) is 4.79 Å². The molecule has 0 aliphatic carbocycles. The number of primary amides is 1. The molecule has 0 radical (unpaired) electrons. The van der Waals surface area contributed by atoms with Crippen molar-refractivity contribution in [2.24, 2.45) is 11.7 Å². The predicted octanol–water partition coefficient (Wildman–Crippen LogP) is 3.39. The van der Waals surface area contributed by atoms with Gasteiger partial charge >= 0.3 is 0 Å². The number of carbonyl (C=O) groups excluding carboxylic acids is 1. The van der Waals surface area contributed by atoms with Gasteiger partial charge in [0.2, 0.25) is 5.91 Å². The number of aryl methyl sites for hydroxylation is 1. The van der Waals surface area contributed by atoms with E-state index in [-0.39, 0.29) is 11.8 Å². The maximum Gasteiger partial charge on any atom is 0.220 e. The molecule has 0 spiro atoms. The Morgan fingerprint density at radius 2 is 2.21 bits per heavy atom. The lowest BCUT2D eigenvalue weighted by atomic mass is 10.1. The highest BCUT2D eigenvalue weighted by Gasteiger charge is 2.07. The van der Waals surface area contributed by atoms with Gasteiger partial charge in [0, 0.05) is 27.7 Å². The van der Waals surface area contributed by atoms with Crippen molar-refractivity contribution in [2.75, 3.05) is 11.9 Å². The first kappa shape index (κ1) is 13.9. The maximum absolute atomic E-state index is 10.9. The van der Waals surface area contributed by atoms with Crippen molar-refractivity contribution in [3.63, 3.8) is 0 Å². The summed E-state index contributed by atoms with van der Waals surface area (Å²) in [5.41, 5.74) is 6.35. The number of anilines is 1. The van der Waals surface area contributed by atoms with Crippen LogP contribution < -0.4 is 11.1 Å². The fourth-order valence-electron chi connectivity index (χ4n) is 1.95. The average Bonchev–Trinajstić information content (AvgIpc) is 2.80. The van der Waals surface area contributed by atoms with E-state index in [9.17, 15) is 4.79 Å². The number of carbonyl (C=O) groups is 1. The van der Waals surface area contributed by atoms with Gasteiger partial charge in [0.1, 0.15) is 0 Å². The zero-order valence-corrected chi connectivity index (χ0v) is 12.2. The number of rotatable bonds is 6. The molecule has 0 fully saturated rings. The summed E-state index contributed by atoms with van der Waals surface area (Å²) in [7, 11) is 0. The number of thiophene rings is 1. The Morgan fingerprint density at radius 1 is 1.42 bits per heavy atom. The Balaban J connectivity index is 1.99. The zero-order chi connectivity index (χ0) is 13.8. The second-order valence-corrected chi connectivity index (χ2v) is 6.01. The first-order valence-electron chi connectivity index (χ1n) is 6.65. The van der Waals surface area contributed by atoms with Crippen LogP contribution in [0.4, 0.5) is 5.69 Å². The van der Waals surface area contributed by atoms with Crippen molar-refractivity contribution in [3.05, 3.63) is 29.1 Å². The van der Waals surface area contributed by atoms with Gasteiger partial charge in [0.15, 0.2) is 0 Å². The van der Waals surface area contributed by atoms with Crippen LogP contribution in [0, 0.1) is 5.92 Å². The molecule has 0 unspecified atom stereocenters. The molecule has 1 amide bonds. The number of nitrogens with one attached hydrogen (secondary N) is 1. The third-order valence-electron chi connectivity index (χ3n) is 3.31. The van der Waals surface area contributed by atoms with Gasteiger partial charge in [0.05, 0.1) is 0 Å². The summed E-state index contributed by atoms with van der Waals surface area (Å²) in [6, 6.07) is 8.65. The van der Waals surface area contributed by atoms with Gasteiger partial charge in [0.25, 0.3) is 0 Å². The molecule has 0 aliphatic heterocycles. The van der Waals surface area contributed by atoms with Gasteiger partial charge in [-0.15, -0.1) is 11.3 Å². The third-order valence-corrected chi connectivity index (χ3v) is 4.55. The van der Waals surface area contributed by atoms with E-state index < -0.39 is 0 Å². The van der Waals surface area contributed by atoms with E-state index in [1.54, 1.807) is 0 Å². The van der Waals surface area contributed by atoms with Gasteiger partial charge in [-0.1, -0.05) is 19.9 Å². The summed E-state index contributed by atoms with van der Waals surface area (Å²) in [6.45, 7) is 4.80. The van der Waals surface area contributed by atoms with Crippen LogP contribution in [0.5, 0.6) is 0 Å². The Morgan fingerprint density at radius 3 is 2.89 bits per heavy atom. The molecule has 0 aliphatic rings. The molecule has 0 saturated carbocycles. The van der Waals surface area contributed by atoms with E-state index in [0.717, 1.165) is 25.1 Å². The predicted molar refractivity (Wildman–Crippen MR) is 82.7 cm³/mol. The van der Waals surface area contributed by atoms with E-state index in [1.807, 2.05) is 18.3 Å². The first-order chi connectivity index (χ1) is 9.10. The van der Waals surface area contributed by atoms with Crippen LogP contribution in [0.2, 0.25) is 0 Å². The Labute approximate surface area is 117 Å². The van der Waals surface area contributed by atoms with Crippen molar-refractivity contribution in [1.82, 2.24) is 0 Å². The highest BCUT2D eigenvalue weighted by molar-refractivity contribution is 7.19. The minimum atomic E-state index is -0.233. The van der Waals surface area contributed by atoms with Gasteiger partial charge < -0.3 is 11.1 Å². The average molecular weight is 276 g/mol. The Hall–Kier alpha value is -1.55. The van der Waals surface area contributed by atoms with Crippen LogP contribution in [0.1, 0.15) is 25.1 Å². The highest BCUT2D eigenvalue weighted by Crippen LogP contribution is 2.28. The molecule has 0 bridgehead atoms. The molecule has 3 nitrogen and oxygen atoms in total. The van der Waals surface area contributed by atoms with E-state index in [0.29, 0.717) is 0 Å². The van der Waals surface area contributed by atoms with Crippen molar-refractivity contribution in [1.29, 1.82) is 0 Å². The zero-order valence-electron chi connectivity index (χ0n) is 11.4. The smallest absolute Gasteiger partial charge is 0.220 e. The number of nitrogens with two attached hydrogens (primary N) is 1. The summed E-state index contributed by atoms with van der Waals surface area (Å²) in [5.74, 6) is -0.312. The monoisotopic (exact) mass is 276 g/mol.